The van der Waals surface area contributed by atoms with Crippen LogP contribution in [0.3, 0.4) is 0 Å². The second kappa shape index (κ2) is 18.2. The minimum absolute atomic E-state index is 0. The van der Waals surface area contributed by atoms with E-state index in [4.69, 9.17) is 33.2 Å². The van der Waals surface area contributed by atoms with E-state index < -0.39 is 0 Å². The molecular weight excluding hydrogens is 1290 g/mol. The number of ether oxygens (including phenoxy) is 7. The SMILES string of the molecule is C1CCOC1.C1CCOC1.C1CCOC1.C1CCOC1.C1CCOC1.C1CCOC1.C1CCOC1.[C]12C3=c4c5c6c7c8c9c5c5c4c4c%10c%11c%12c%13c%14c(c1c1c%15c%16c%17c1c%14c1c%13c%13c%11c%11c%14c%10c5c5c9c9c%10c(c%145)c5c%11c%13c%11c1c%17c1c%11c5c%10c5c1c%16[c-](c5c89)[C]7C=%15[C-]26)[C-]3[C]%124.[K+].[K+].[K+]. The fourth-order valence-corrected chi connectivity index (χ4v) is 26.1. The summed E-state index contributed by atoms with van der Waals surface area (Å²) in [7, 11) is 0. The molecule has 0 amide bonds. The minimum atomic E-state index is 0. The van der Waals surface area contributed by atoms with Gasteiger partial charge in [0.25, 0.3) is 0 Å². The van der Waals surface area contributed by atoms with Gasteiger partial charge in [-0.1, -0.05) is 43.1 Å². The van der Waals surface area contributed by atoms with Gasteiger partial charge in [0, 0.05) is 98.4 Å². The van der Waals surface area contributed by atoms with E-state index in [1.165, 1.54) is 89.9 Å². The molecule has 10 heteroatoms. The van der Waals surface area contributed by atoms with Gasteiger partial charge in [-0.2, -0.15) is 0 Å². The second-order valence-electron chi connectivity index (χ2n) is 31.7. The zero-order valence-corrected chi connectivity index (χ0v) is 65.0. The van der Waals surface area contributed by atoms with E-state index in [1.54, 1.807) is 327 Å². The summed E-state index contributed by atoms with van der Waals surface area (Å²) in [5.41, 5.74) is 15.0. The molecule has 0 atom stereocenters. The minimum Gasteiger partial charge on any atom is -0.381 e. The van der Waals surface area contributed by atoms with Crippen molar-refractivity contribution < 1.29 is 187 Å². The first-order valence-corrected chi connectivity index (χ1v) is 37.0. The van der Waals surface area contributed by atoms with Crippen molar-refractivity contribution in [3.8, 4) is 0 Å². The molecule has 98 heavy (non-hydrogen) atoms. The van der Waals surface area contributed by atoms with Crippen LogP contribution in [0.5, 0.6) is 0 Å². The number of rotatable bonds is 0. The predicted molar refractivity (Wildman–Crippen MR) is 387 cm³/mol. The Kier molecular flexibility index (Phi) is 10.5. The molecule has 7 nitrogen and oxygen atoms in total. The van der Waals surface area contributed by atoms with Gasteiger partial charge >= 0.3 is 154 Å². The van der Waals surface area contributed by atoms with Gasteiger partial charge in [0.1, 0.15) is 0 Å². The molecule has 0 saturated carbocycles. The van der Waals surface area contributed by atoms with E-state index in [1.807, 2.05) is 0 Å². The zero-order valence-electron chi connectivity index (χ0n) is 55.7. The van der Waals surface area contributed by atoms with Gasteiger partial charge < -0.3 is 33.2 Å². The van der Waals surface area contributed by atoms with Crippen LogP contribution < -0.4 is 165 Å². The van der Waals surface area contributed by atoms with E-state index in [9.17, 15) is 0 Å². The molecule has 7 fully saturated rings. The van der Waals surface area contributed by atoms with Crippen LogP contribution in [0.25, 0.3) is 248 Å². The maximum atomic E-state index is 4.94. The molecule has 7 heterocycles. The fourth-order valence-electron chi connectivity index (χ4n) is 26.1. The topological polar surface area (TPSA) is 64.6 Å². The average Bonchev–Trinajstić information content (AvgIpc) is 1.39. The van der Waals surface area contributed by atoms with Crippen LogP contribution in [0.15, 0.2) is 0 Å². The Labute approximate surface area is 686 Å². The van der Waals surface area contributed by atoms with E-state index in [2.05, 4.69) is 0 Å². The number of hydrogen-bond acceptors (Lipinski definition) is 7. The van der Waals surface area contributed by atoms with Gasteiger partial charge in [0.05, 0.1) is 0 Å². The molecule has 0 N–H and O–H groups in total. The van der Waals surface area contributed by atoms with Crippen LogP contribution in [0.4, 0.5) is 0 Å². The zero-order chi connectivity index (χ0) is 59.4. The Morgan fingerprint density at radius 3 is 0.755 bits per heavy atom. The van der Waals surface area contributed by atoms with Gasteiger partial charge in [-0.15, -0.1) is 82.8 Å². The van der Waals surface area contributed by atoms with Crippen molar-refractivity contribution in [2.45, 2.75) is 89.9 Å². The van der Waals surface area contributed by atoms with Crippen LogP contribution in [0.2, 0.25) is 0 Å². The molecule has 3 radical (unpaired) electrons. The van der Waals surface area contributed by atoms with Crippen molar-refractivity contribution in [2.75, 3.05) is 92.5 Å². The van der Waals surface area contributed by atoms with E-state index in [-0.39, 0.29) is 154 Å². The molecule has 16 aliphatic rings. The first-order chi connectivity index (χ1) is 47.5. The monoisotopic (exact) mass is 1340 g/mol. The summed E-state index contributed by atoms with van der Waals surface area (Å²) in [5, 5.41) is 76.7. The van der Waals surface area contributed by atoms with Gasteiger partial charge in [-0.25, -0.2) is 0 Å². The predicted octanol–water partition coefficient (Wildman–Crippen LogP) is 9.84. The molecule has 453 valence electrons. The Balaban J connectivity index is 0.000000118. The van der Waals surface area contributed by atoms with Crippen LogP contribution in [0.1, 0.15) is 129 Å². The summed E-state index contributed by atoms with van der Waals surface area (Å²) < 4.78 is 34.6. The van der Waals surface area contributed by atoms with Crippen LogP contribution in [-0.2, 0) is 33.2 Å². The van der Waals surface area contributed by atoms with Gasteiger partial charge in [-0.3, -0.25) is 0 Å². The molecule has 7 saturated heterocycles. The molecule has 0 spiro atoms. The molecule has 23 aromatic rings. The normalized spacial score (nSPS) is 21.4. The third-order valence-corrected chi connectivity index (χ3v) is 28.3. The standard InChI is InChI=1S/C60.7C4H8O.3K/c1-2-5-6-3(1)8-12-10-4(1)9-11-7(2)17-21-13(5)23-24-14(6)22-18(8)28-20(12)30-26-16(10)15(9)25-29-19(11)27(17)37-41-31(21)33(23)43-44-34(24)32(22)42-38(28)48-40(30)46-36(26)35(25)45-39(29)47(37)55-49(41)51(43)57-52(44)50(42)56(48)59-54(46)53(45)58(55)60(57)59;7*1-2-4-5-3-1;;;/h;7*1-4H2;;;/q-3;;;;;;;;3*+1. The van der Waals surface area contributed by atoms with Crippen LogP contribution in [0, 0.1) is 29.6 Å². The van der Waals surface area contributed by atoms with Gasteiger partial charge in [0.2, 0.25) is 0 Å². The van der Waals surface area contributed by atoms with Crippen LogP contribution >= 0.6 is 0 Å². The summed E-state index contributed by atoms with van der Waals surface area (Å²) in [6.45, 7) is 14.0. The maximum Gasteiger partial charge on any atom is 1.00 e. The maximum absolute atomic E-state index is 4.94. The Hall–Kier alpha value is -2.78. The first kappa shape index (κ1) is 56.6. The third-order valence-electron chi connectivity index (χ3n) is 28.3. The number of benzene rings is 14. The first-order valence-electron chi connectivity index (χ1n) is 37.0. The van der Waals surface area contributed by atoms with Crippen LogP contribution in [-0.4, -0.2) is 92.5 Å². The molecule has 0 bridgehead atoms. The van der Waals surface area contributed by atoms with Crippen molar-refractivity contribution in [1.29, 1.82) is 0 Å². The summed E-state index contributed by atoms with van der Waals surface area (Å²) in [6, 6.07) is 0. The Bertz CT molecular complexity index is 7240. The van der Waals surface area contributed by atoms with Gasteiger partial charge in [0.15, 0.2) is 0 Å². The summed E-state index contributed by atoms with van der Waals surface area (Å²) >= 11 is 0. The smallest absolute Gasteiger partial charge is 0.381 e. The summed E-state index contributed by atoms with van der Waals surface area (Å²) in [6.07, 6.45) is 17.9. The van der Waals surface area contributed by atoms with Gasteiger partial charge in [-0.05, 0) is 285 Å². The molecule has 9 aliphatic carbocycles. The molecular formula is C88H56K3O7. The van der Waals surface area contributed by atoms with Crippen molar-refractivity contribution in [2.24, 2.45) is 0 Å². The third kappa shape index (κ3) is 5.15. The fraction of sp³-hybridized carbons (Fsp3) is 0.318. The Morgan fingerprint density at radius 1 is 0.173 bits per heavy atom. The summed E-state index contributed by atoms with van der Waals surface area (Å²) in [5.74, 6) is 8.33. The largest absolute Gasteiger partial charge is 1.00 e. The van der Waals surface area contributed by atoms with Crippen molar-refractivity contribution in [3.63, 3.8) is 0 Å². The second-order valence-corrected chi connectivity index (χ2v) is 31.7. The van der Waals surface area contributed by atoms with E-state index in [0.29, 0.717) is 0 Å². The molecule has 7 aliphatic heterocycles. The summed E-state index contributed by atoms with van der Waals surface area (Å²) in [4.78, 5) is 0. The van der Waals surface area contributed by atoms with Crippen molar-refractivity contribution >= 4 is 248 Å². The molecule has 0 aromatic heterocycles. The van der Waals surface area contributed by atoms with Crippen molar-refractivity contribution in [3.05, 3.63) is 79.0 Å². The Morgan fingerprint density at radius 2 is 0.388 bits per heavy atom. The van der Waals surface area contributed by atoms with E-state index >= 15 is 0 Å². The quantitative estimate of drug-likeness (QED) is 0.0852. The molecule has 23 aromatic carbocycles. The van der Waals surface area contributed by atoms with E-state index in [0.717, 1.165) is 92.5 Å². The number of hydrogen-bond donors (Lipinski definition) is 0. The average molecular weight is 1340 g/mol. The molecule has 0 unspecified atom stereocenters. The van der Waals surface area contributed by atoms with Crippen molar-refractivity contribution in [1.82, 2.24) is 0 Å². The molecule has 39 rings (SSSR count).